The maximum atomic E-state index is 13.3. The van der Waals surface area contributed by atoms with Crippen molar-refractivity contribution in [2.24, 2.45) is 10.4 Å². The molecule has 37 heavy (non-hydrogen) atoms. The van der Waals surface area contributed by atoms with Crippen molar-refractivity contribution in [3.05, 3.63) is 64.7 Å². The first-order valence-electron chi connectivity index (χ1n) is 11.6. The second kappa shape index (κ2) is 10.1. The van der Waals surface area contributed by atoms with Gasteiger partial charge in [0.1, 0.15) is 6.61 Å². The van der Waals surface area contributed by atoms with Gasteiger partial charge >= 0.3 is 12.2 Å². The number of rotatable bonds is 5. The Morgan fingerprint density at radius 2 is 1.89 bits per heavy atom. The quantitative estimate of drug-likeness (QED) is 0.510. The van der Waals surface area contributed by atoms with E-state index in [1.807, 2.05) is 30.3 Å². The molecule has 1 aliphatic heterocycles. The van der Waals surface area contributed by atoms with Gasteiger partial charge in [0.2, 0.25) is 11.9 Å². The number of ether oxygens (including phenoxy) is 1. The van der Waals surface area contributed by atoms with Crippen molar-refractivity contribution < 1.29 is 24.2 Å². The number of halogens is 1. The molecule has 3 N–H and O–H groups in total. The van der Waals surface area contributed by atoms with Crippen LogP contribution in [0.3, 0.4) is 0 Å². The zero-order valence-electron chi connectivity index (χ0n) is 20.3. The Hall–Kier alpha value is -4.10. The number of aliphatic imine (C=N–C) groups is 1. The number of guanidine groups is 1. The second-order valence-corrected chi connectivity index (χ2v) is 10.0. The molecule has 2 aliphatic rings. The van der Waals surface area contributed by atoms with Gasteiger partial charge in [-0.05, 0) is 38.3 Å². The van der Waals surface area contributed by atoms with E-state index in [9.17, 15) is 24.8 Å². The lowest BCUT2D eigenvalue weighted by molar-refractivity contribution is -0.134. The molecule has 192 valence electrons. The van der Waals surface area contributed by atoms with Crippen LogP contribution < -0.4 is 10.6 Å². The van der Waals surface area contributed by atoms with E-state index in [4.69, 9.17) is 16.3 Å². The molecule has 1 heterocycles. The number of carboxylic acid groups (broad SMARTS) is 1. The molecule has 0 spiro atoms. The zero-order valence-corrected chi connectivity index (χ0v) is 21.1. The normalized spacial score (nSPS) is 24.8. The van der Waals surface area contributed by atoms with Gasteiger partial charge in [0, 0.05) is 11.6 Å². The number of anilines is 1. The van der Waals surface area contributed by atoms with E-state index < -0.39 is 23.1 Å². The Balaban J connectivity index is 1.57. The number of benzene rings is 2. The second-order valence-electron chi connectivity index (χ2n) is 9.67. The molecule has 1 aliphatic carbocycles. The third kappa shape index (κ3) is 5.52. The molecule has 0 aromatic heterocycles. The summed E-state index contributed by atoms with van der Waals surface area (Å²) in [5.74, 6) is -0.462. The van der Waals surface area contributed by atoms with Crippen LogP contribution in [0.25, 0.3) is 0 Å². The summed E-state index contributed by atoms with van der Waals surface area (Å²) >= 11 is 6.65. The van der Waals surface area contributed by atoms with Gasteiger partial charge in [-0.15, -0.1) is 0 Å². The molecule has 0 unspecified atom stereocenters. The SMILES string of the molecule is CC1(C#N)CC(N2C(=O)C[C@@](C)(c3cccc(NC(=O)OCc4ccccc4)c3Cl)N=C2NC(=O)O)C1. The molecular weight excluding hydrogens is 498 g/mol. The monoisotopic (exact) mass is 523 g/mol. The first kappa shape index (κ1) is 26.0. The number of carbonyl (C=O) groups is 3. The van der Waals surface area contributed by atoms with Gasteiger partial charge in [0.15, 0.2) is 0 Å². The van der Waals surface area contributed by atoms with E-state index >= 15 is 0 Å². The standard InChI is InChI=1S/C26H26ClN5O5/c1-25(15-28)11-17(12-25)32-20(33)13-26(2,31-22(32)30-23(34)35)18-9-6-10-19(21(18)27)29-24(36)37-14-16-7-4-3-5-8-16/h3-10,17H,11-14H2,1-2H3,(H,29,36)(H,30,31)(H,34,35)/t17?,25?,26-/m0/s1. The molecule has 1 saturated carbocycles. The highest BCUT2D eigenvalue weighted by molar-refractivity contribution is 6.34. The molecular formula is C26H26ClN5O5. The average molecular weight is 524 g/mol. The first-order valence-corrected chi connectivity index (χ1v) is 12.0. The maximum Gasteiger partial charge on any atom is 0.412 e. The Morgan fingerprint density at radius 3 is 2.54 bits per heavy atom. The minimum atomic E-state index is -1.37. The van der Waals surface area contributed by atoms with Gasteiger partial charge in [-0.3, -0.25) is 20.3 Å². The highest BCUT2D eigenvalue weighted by atomic mass is 35.5. The molecule has 0 saturated heterocycles. The number of nitriles is 1. The molecule has 1 atom stereocenters. The lowest BCUT2D eigenvalue weighted by atomic mass is 9.67. The average Bonchev–Trinajstić information content (AvgIpc) is 2.82. The molecule has 0 radical (unpaired) electrons. The number of amides is 3. The summed E-state index contributed by atoms with van der Waals surface area (Å²) in [6.45, 7) is 3.55. The molecule has 4 rings (SSSR count). The van der Waals surface area contributed by atoms with Crippen LogP contribution in [0.15, 0.2) is 53.5 Å². The fraction of sp³-hybridized carbons (Fsp3) is 0.346. The fourth-order valence-electron chi connectivity index (χ4n) is 4.71. The van der Waals surface area contributed by atoms with Gasteiger partial charge in [-0.1, -0.05) is 54.1 Å². The minimum absolute atomic E-state index is 0.0760. The van der Waals surface area contributed by atoms with Crippen molar-refractivity contribution in [1.82, 2.24) is 10.2 Å². The van der Waals surface area contributed by atoms with Crippen LogP contribution in [0.5, 0.6) is 0 Å². The van der Waals surface area contributed by atoms with Crippen LogP contribution in [0, 0.1) is 16.7 Å². The van der Waals surface area contributed by atoms with Gasteiger partial charge in [-0.25, -0.2) is 14.6 Å². The third-order valence-corrected chi connectivity index (χ3v) is 7.01. The summed E-state index contributed by atoms with van der Waals surface area (Å²) in [7, 11) is 0. The summed E-state index contributed by atoms with van der Waals surface area (Å²) in [5.41, 5.74) is -0.262. The Morgan fingerprint density at radius 1 is 1.19 bits per heavy atom. The van der Waals surface area contributed by atoms with Crippen molar-refractivity contribution >= 4 is 41.3 Å². The predicted molar refractivity (Wildman–Crippen MR) is 136 cm³/mol. The van der Waals surface area contributed by atoms with Gasteiger partial charge in [0.25, 0.3) is 0 Å². The predicted octanol–water partition coefficient (Wildman–Crippen LogP) is 4.85. The highest BCUT2D eigenvalue weighted by Crippen LogP contribution is 2.46. The Bertz CT molecular complexity index is 1300. The Labute approximate surface area is 218 Å². The molecule has 2 aromatic carbocycles. The van der Waals surface area contributed by atoms with E-state index in [1.54, 1.807) is 32.0 Å². The van der Waals surface area contributed by atoms with E-state index in [2.05, 4.69) is 21.7 Å². The van der Waals surface area contributed by atoms with Crippen LogP contribution in [-0.4, -0.2) is 40.1 Å². The number of carbonyl (C=O) groups excluding carboxylic acids is 2. The van der Waals surface area contributed by atoms with Crippen molar-refractivity contribution in [3.63, 3.8) is 0 Å². The molecule has 10 nitrogen and oxygen atoms in total. The van der Waals surface area contributed by atoms with Crippen molar-refractivity contribution in [2.45, 2.75) is 51.3 Å². The van der Waals surface area contributed by atoms with E-state index in [0.717, 1.165) is 5.56 Å². The summed E-state index contributed by atoms with van der Waals surface area (Å²) < 4.78 is 5.27. The summed E-state index contributed by atoms with van der Waals surface area (Å²) in [6.07, 6.45) is -1.33. The van der Waals surface area contributed by atoms with E-state index in [1.165, 1.54) is 4.90 Å². The number of hydrogen-bond acceptors (Lipinski definition) is 6. The topological polar surface area (TPSA) is 144 Å². The zero-order chi connectivity index (χ0) is 26.8. The van der Waals surface area contributed by atoms with Crippen LogP contribution in [-0.2, 0) is 21.7 Å². The van der Waals surface area contributed by atoms with Crippen molar-refractivity contribution in [3.8, 4) is 6.07 Å². The number of nitrogens with zero attached hydrogens (tertiary/aromatic N) is 3. The van der Waals surface area contributed by atoms with Crippen LogP contribution in [0.2, 0.25) is 5.02 Å². The first-order chi connectivity index (χ1) is 17.5. The molecule has 11 heteroatoms. The van der Waals surface area contributed by atoms with Crippen LogP contribution in [0.4, 0.5) is 15.3 Å². The van der Waals surface area contributed by atoms with E-state index in [0.29, 0.717) is 18.4 Å². The third-order valence-electron chi connectivity index (χ3n) is 6.60. The van der Waals surface area contributed by atoms with E-state index in [-0.39, 0.29) is 41.6 Å². The molecule has 3 amide bonds. The van der Waals surface area contributed by atoms with Crippen LogP contribution >= 0.6 is 11.6 Å². The van der Waals surface area contributed by atoms with Gasteiger partial charge in [0.05, 0.1) is 34.2 Å². The Kier molecular flexibility index (Phi) is 7.09. The molecule has 0 bridgehead atoms. The fourth-order valence-corrected chi connectivity index (χ4v) is 5.09. The minimum Gasteiger partial charge on any atom is -0.465 e. The largest absolute Gasteiger partial charge is 0.465 e. The lowest BCUT2D eigenvalue weighted by Crippen LogP contribution is -2.61. The maximum absolute atomic E-state index is 13.3. The summed E-state index contributed by atoms with van der Waals surface area (Å²) in [6, 6.07) is 16.0. The molecule has 1 fully saturated rings. The smallest absolute Gasteiger partial charge is 0.412 e. The van der Waals surface area contributed by atoms with Gasteiger partial charge < -0.3 is 9.84 Å². The summed E-state index contributed by atoms with van der Waals surface area (Å²) in [5, 5.41) is 23.7. The molecule has 2 aromatic rings. The highest BCUT2D eigenvalue weighted by Gasteiger charge is 2.50. The number of hydrogen-bond donors (Lipinski definition) is 3. The van der Waals surface area contributed by atoms with Crippen molar-refractivity contribution in [1.29, 1.82) is 5.26 Å². The number of nitrogens with one attached hydrogen (secondary N) is 2. The lowest BCUT2D eigenvalue weighted by Gasteiger charge is -2.48. The van der Waals surface area contributed by atoms with Crippen molar-refractivity contribution in [2.75, 3.05) is 5.32 Å². The summed E-state index contributed by atoms with van der Waals surface area (Å²) in [4.78, 5) is 43.1. The van der Waals surface area contributed by atoms with Crippen LogP contribution in [0.1, 0.15) is 44.2 Å². The van der Waals surface area contributed by atoms with Gasteiger partial charge in [-0.2, -0.15) is 5.26 Å².